The summed E-state index contributed by atoms with van der Waals surface area (Å²) in [6, 6.07) is 7.38. The number of nitrogens with zero attached hydrogens (tertiary/aromatic N) is 1. The van der Waals surface area contributed by atoms with Crippen LogP contribution < -0.4 is 10.1 Å². The first kappa shape index (κ1) is 16.7. The number of rotatable bonds is 4. The molecule has 2 N–H and O–H groups in total. The third-order valence-electron chi connectivity index (χ3n) is 4.69. The maximum Gasteiger partial charge on any atom is 0.252 e. The van der Waals surface area contributed by atoms with Gasteiger partial charge >= 0.3 is 0 Å². The van der Waals surface area contributed by atoms with Crippen molar-refractivity contribution in [2.45, 2.75) is 38.7 Å². The Balaban J connectivity index is 1.80. The predicted molar refractivity (Wildman–Crippen MR) is 93.3 cm³/mol. The molecule has 5 heteroatoms. The van der Waals surface area contributed by atoms with Crippen LogP contribution in [0.15, 0.2) is 24.3 Å². The maximum absolute atomic E-state index is 12.7. The van der Waals surface area contributed by atoms with Gasteiger partial charge in [-0.05, 0) is 56.4 Å². The highest BCUT2D eigenvalue weighted by atomic mass is 16.5. The van der Waals surface area contributed by atoms with E-state index in [0.29, 0.717) is 23.8 Å². The van der Waals surface area contributed by atoms with Crippen molar-refractivity contribution in [3.63, 3.8) is 0 Å². The molecule has 2 atom stereocenters. The van der Waals surface area contributed by atoms with Crippen molar-refractivity contribution in [1.29, 1.82) is 0 Å². The second kappa shape index (κ2) is 7.18. The fourth-order valence-electron chi connectivity index (χ4n) is 3.43. The lowest BCUT2D eigenvalue weighted by Gasteiger charge is -2.26. The Kier molecular flexibility index (Phi) is 5.00. The number of aliphatic hydroxyl groups is 1. The third-order valence-corrected chi connectivity index (χ3v) is 4.69. The van der Waals surface area contributed by atoms with E-state index >= 15 is 0 Å². The summed E-state index contributed by atoms with van der Waals surface area (Å²) >= 11 is 0. The van der Waals surface area contributed by atoms with Crippen molar-refractivity contribution >= 4 is 16.8 Å². The molecule has 1 saturated carbocycles. The molecule has 128 valence electrons. The number of aliphatic hydroxyl groups excluding tert-OH is 1. The minimum atomic E-state index is -0.228. The van der Waals surface area contributed by atoms with Crippen LogP contribution >= 0.6 is 0 Å². The van der Waals surface area contributed by atoms with Crippen LogP contribution in [0, 0.1) is 12.8 Å². The predicted octanol–water partition coefficient (Wildman–Crippen LogP) is 2.83. The molecular weight excluding hydrogens is 304 g/mol. The smallest absolute Gasteiger partial charge is 0.252 e. The molecule has 0 aliphatic heterocycles. The van der Waals surface area contributed by atoms with Crippen molar-refractivity contribution in [2.75, 3.05) is 13.7 Å². The Hall–Kier alpha value is -2.14. The minimum Gasteiger partial charge on any atom is -0.497 e. The average Bonchev–Trinajstić information content (AvgIpc) is 2.58. The number of ether oxygens (including phenoxy) is 1. The molecule has 1 fully saturated rings. The molecule has 2 aromatic rings. The first-order chi connectivity index (χ1) is 11.6. The monoisotopic (exact) mass is 328 g/mol. The van der Waals surface area contributed by atoms with Crippen LogP contribution in [0.3, 0.4) is 0 Å². The summed E-state index contributed by atoms with van der Waals surface area (Å²) in [5, 5.41) is 13.6. The summed E-state index contributed by atoms with van der Waals surface area (Å²) in [6.45, 7) is 2.49. The Morgan fingerprint density at radius 1 is 1.38 bits per heavy atom. The van der Waals surface area contributed by atoms with E-state index in [4.69, 9.17) is 4.74 Å². The molecule has 0 saturated heterocycles. The van der Waals surface area contributed by atoms with Crippen LogP contribution in [0.2, 0.25) is 0 Å². The SMILES string of the molecule is COc1ccc2nc(C)cc(C(=O)NCC3CCCC(O)C3)c2c1. The van der Waals surface area contributed by atoms with E-state index in [1.54, 1.807) is 7.11 Å². The van der Waals surface area contributed by atoms with Gasteiger partial charge in [-0.2, -0.15) is 0 Å². The molecular formula is C19H24N2O3. The highest BCUT2D eigenvalue weighted by Gasteiger charge is 2.21. The highest BCUT2D eigenvalue weighted by Crippen LogP contribution is 2.25. The van der Waals surface area contributed by atoms with E-state index in [9.17, 15) is 9.90 Å². The van der Waals surface area contributed by atoms with E-state index < -0.39 is 0 Å². The Morgan fingerprint density at radius 2 is 2.21 bits per heavy atom. The van der Waals surface area contributed by atoms with Crippen LogP contribution in [0.4, 0.5) is 0 Å². The number of fused-ring (bicyclic) bond motifs is 1. The molecule has 24 heavy (non-hydrogen) atoms. The number of carbonyl (C=O) groups excluding carboxylic acids is 1. The number of hydrogen-bond donors (Lipinski definition) is 2. The fourth-order valence-corrected chi connectivity index (χ4v) is 3.43. The van der Waals surface area contributed by atoms with Crippen LogP contribution in [-0.4, -0.2) is 35.8 Å². The lowest BCUT2D eigenvalue weighted by Crippen LogP contribution is -2.33. The number of nitrogens with one attached hydrogen (secondary N) is 1. The topological polar surface area (TPSA) is 71.5 Å². The molecule has 1 aliphatic rings. The number of pyridine rings is 1. The molecule has 1 aliphatic carbocycles. The summed E-state index contributed by atoms with van der Waals surface area (Å²) in [5.74, 6) is 0.956. The van der Waals surface area contributed by atoms with Gasteiger partial charge in [-0.3, -0.25) is 9.78 Å². The fraction of sp³-hybridized carbons (Fsp3) is 0.474. The first-order valence-electron chi connectivity index (χ1n) is 8.48. The van der Waals surface area contributed by atoms with Crippen LogP contribution in [-0.2, 0) is 0 Å². The molecule has 0 bridgehead atoms. The molecule has 0 spiro atoms. The zero-order valence-corrected chi connectivity index (χ0v) is 14.2. The van der Waals surface area contributed by atoms with Crippen molar-refractivity contribution in [3.05, 3.63) is 35.5 Å². The average molecular weight is 328 g/mol. The van der Waals surface area contributed by atoms with Gasteiger partial charge in [0.05, 0.1) is 24.3 Å². The van der Waals surface area contributed by atoms with Crippen molar-refractivity contribution < 1.29 is 14.6 Å². The van der Waals surface area contributed by atoms with Gasteiger partial charge in [0.15, 0.2) is 0 Å². The molecule has 1 heterocycles. The van der Waals surface area contributed by atoms with Gasteiger partial charge in [0.1, 0.15) is 5.75 Å². The summed E-state index contributed by atoms with van der Waals surface area (Å²) in [5.41, 5.74) is 2.22. The molecule has 2 unspecified atom stereocenters. The van der Waals surface area contributed by atoms with Gasteiger partial charge < -0.3 is 15.2 Å². The van der Waals surface area contributed by atoms with E-state index in [-0.39, 0.29) is 12.0 Å². The molecule has 3 rings (SSSR count). The van der Waals surface area contributed by atoms with E-state index in [1.165, 1.54) is 0 Å². The maximum atomic E-state index is 12.7. The quantitative estimate of drug-likeness (QED) is 0.905. The van der Waals surface area contributed by atoms with Crippen molar-refractivity contribution in [1.82, 2.24) is 10.3 Å². The summed E-state index contributed by atoms with van der Waals surface area (Å²) in [7, 11) is 1.61. The number of methoxy groups -OCH3 is 1. The lowest BCUT2D eigenvalue weighted by molar-refractivity contribution is 0.0875. The van der Waals surface area contributed by atoms with Gasteiger partial charge in [0, 0.05) is 17.6 Å². The number of benzene rings is 1. The largest absolute Gasteiger partial charge is 0.497 e. The minimum absolute atomic E-state index is 0.0983. The van der Waals surface area contributed by atoms with Crippen LogP contribution in [0.25, 0.3) is 10.9 Å². The van der Waals surface area contributed by atoms with Crippen molar-refractivity contribution in [2.24, 2.45) is 5.92 Å². The van der Waals surface area contributed by atoms with Crippen LogP contribution in [0.1, 0.15) is 41.7 Å². The van der Waals surface area contributed by atoms with E-state index in [0.717, 1.165) is 42.3 Å². The zero-order chi connectivity index (χ0) is 17.1. The molecule has 1 aromatic heterocycles. The Labute approximate surface area is 142 Å². The van der Waals surface area contributed by atoms with E-state index in [2.05, 4.69) is 10.3 Å². The second-order valence-electron chi connectivity index (χ2n) is 6.59. The van der Waals surface area contributed by atoms with Gasteiger partial charge in [0.25, 0.3) is 5.91 Å². The number of hydrogen-bond acceptors (Lipinski definition) is 4. The third kappa shape index (κ3) is 3.67. The highest BCUT2D eigenvalue weighted by molar-refractivity contribution is 6.06. The Bertz CT molecular complexity index is 745. The summed E-state index contributed by atoms with van der Waals surface area (Å²) in [6.07, 6.45) is 3.49. The second-order valence-corrected chi connectivity index (χ2v) is 6.59. The lowest BCUT2D eigenvalue weighted by atomic mass is 9.87. The number of aromatic nitrogens is 1. The van der Waals surface area contributed by atoms with Crippen LogP contribution in [0.5, 0.6) is 5.75 Å². The molecule has 0 radical (unpaired) electrons. The standard InChI is InChI=1S/C19H24N2O3/c1-12-8-17(16-10-15(24-2)6-7-18(16)21-12)19(23)20-11-13-4-3-5-14(22)9-13/h6-8,10,13-14,22H,3-5,9,11H2,1-2H3,(H,20,23). The van der Waals surface area contributed by atoms with Gasteiger partial charge in [-0.1, -0.05) is 6.42 Å². The van der Waals surface area contributed by atoms with Gasteiger partial charge in [-0.25, -0.2) is 0 Å². The normalized spacial score (nSPS) is 20.8. The summed E-state index contributed by atoms with van der Waals surface area (Å²) in [4.78, 5) is 17.2. The molecule has 1 aromatic carbocycles. The van der Waals surface area contributed by atoms with Gasteiger partial charge in [0.2, 0.25) is 0 Å². The van der Waals surface area contributed by atoms with E-state index in [1.807, 2.05) is 31.2 Å². The van der Waals surface area contributed by atoms with Crippen molar-refractivity contribution in [3.8, 4) is 5.75 Å². The number of aryl methyl sites for hydroxylation is 1. The van der Waals surface area contributed by atoms with Gasteiger partial charge in [-0.15, -0.1) is 0 Å². The Morgan fingerprint density at radius 3 is 2.96 bits per heavy atom. The molecule has 1 amide bonds. The molecule has 5 nitrogen and oxygen atoms in total. The zero-order valence-electron chi connectivity index (χ0n) is 14.2. The number of amides is 1. The number of carbonyl (C=O) groups is 1. The summed E-state index contributed by atoms with van der Waals surface area (Å²) < 4.78 is 5.27. The first-order valence-corrected chi connectivity index (χ1v) is 8.48.